The molecular weight excluding hydrogens is 246 g/mol. The van der Waals surface area contributed by atoms with Crippen molar-refractivity contribution in [3.8, 4) is 0 Å². The van der Waals surface area contributed by atoms with Crippen molar-refractivity contribution >= 4 is 11.1 Å². The second-order valence-corrected chi connectivity index (χ2v) is 5.34. The van der Waals surface area contributed by atoms with Gasteiger partial charge in [-0.25, -0.2) is 4.98 Å². The average molecular weight is 263 g/mol. The van der Waals surface area contributed by atoms with E-state index in [9.17, 15) is 9.90 Å². The summed E-state index contributed by atoms with van der Waals surface area (Å²) < 4.78 is 6.58. The fourth-order valence-electron chi connectivity index (χ4n) is 2.50. The highest BCUT2D eigenvalue weighted by Gasteiger charge is 2.32. The molecule has 1 aliphatic rings. The highest BCUT2D eigenvalue weighted by molar-refractivity contribution is 5.70. The van der Waals surface area contributed by atoms with E-state index in [-0.39, 0.29) is 17.7 Å². The second kappa shape index (κ2) is 4.47. The predicted octanol–water partition coefficient (Wildman–Crippen LogP) is 0.446. The maximum atomic E-state index is 12.2. The first kappa shape index (κ1) is 12.4. The smallest absolute Gasteiger partial charge is 0.297 e. The lowest BCUT2D eigenvalue weighted by molar-refractivity contribution is -0.0299. The Morgan fingerprint density at radius 1 is 1.47 bits per heavy atom. The first-order chi connectivity index (χ1) is 9.07. The molecular formula is C13H17N3O3. The van der Waals surface area contributed by atoms with Gasteiger partial charge < -0.3 is 14.4 Å². The topological polar surface area (TPSA) is 71.5 Å². The number of aliphatic hydroxyl groups is 1. The van der Waals surface area contributed by atoms with E-state index >= 15 is 0 Å². The second-order valence-electron chi connectivity index (χ2n) is 5.34. The lowest BCUT2D eigenvalue weighted by atomic mass is 9.91. The molecule has 0 spiro atoms. The van der Waals surface area contributed by atoms with Crippen LogP contribution >= 0.6 is 0 Å². The third kappa shape index (κ3) is 2.29. The molecule has 2 aromatic heterocycles. The van der Waals surface area contributed by atoms with Crippen molar-refractivity contribution in [2.24, 2.45) is 0 Å². The van der Waals surface area contributed by atoms with E-state index in [4.69, 9.17) is 4.42 Å². The molecule has 6 nitrogen and oxygen atoms in total. The number of fused-ring (bicyclic) bond motifs is 1. The maximum Gasteiger partial charge on any atom is 0.297 e. The van der Waals surface area contributed by atoms with E-state index in [1.165, 1.54) is 17.2 Å². The van der Waals surface area contributed by atoms with Gasteiger partial charge in [0.1, 0.15) is 5.52 Å². The summed E-state index contributed by atoms with van der Waals surface area (Å²) in [4.78, 5) is 18.5. The van der Waals surface area contributed by atoms with Crippen LogP contribution in [-0.4, -0.2) is 45.3 Å². The van der Waals surface area contributed by atoms with Gasteiger partial charge in [0.05, 0.1) is 24.7 Å². The van der Waals surface area contributed by atoms with Gasteiger partial charge in [-0.15, -0.1) is 0 Å². The zero-order valence-electron chi connectivity index (χ0n) is 10.9. The van der Waals surface area contributed by atoms with Crippen molar-refractivity contribution in [2.45, 2.75) is 25.0 Å². The van der Waals surface area contributed by atoms with Crippen LogP contribution in [0.15, 0.2) is 27.9 Å². The molecule has 6 heteroatoms. The van der Waals surface area contributed by atoms with Gasteiger partial charge in [0.2, 0.25) is 5.58 Å². The highest BCUT2D eigenvalue weighted by atomic mass is 16.3. The molecule has 2 aromatic rings. The van der Waals surface area contributed by atoms with Crippen LogP contribution in [0, 0.1) is 0 Å². The lowest BCUT2D eigenvalue weighted by Crippen LogP contribution is -2.46. The number of furan rings is 1. The van der Waals surface area contributed by atoms with Crippen LogP contribution in [0.1, 0.15) is 12.8 Å². The van der Waals surface area contributed by atoms with E-state index in [0.29, 0.717) is 18.4 Å². The van der Waals surface area contributed by atoms with Crippen molar-refractivity contribution in [3.05, 3.63) is 29.0 Å². The number of rotatable bonds is 2. The zero-order valence-corrected chi connectivity index (χ0v) is 10.9. The molecule has 1 aliphatic heterocycles. The van der Waals surface area contributed by atoms with Crippen molar-refractivity contribution in [1.82, 2.24) is 14.5 Å². The quantitative estimate of drug-likeness (QED) is 0.851. The average Bonchev–Trinajstić information content (AvgIpc) is 2.86. The van der Waals surface area contributed by atoms with Crippen LogP contribution in [0.4, 0.5) is 0 Å². The minimum absolute atomic E-state index is 0.234. The first-order valence-corrected chi connectivity index (χ1v) is 6.41. The summed E-state index contributed by atoms with van der Waals surface area (Å²) >= 11 is 0. The molecule has 0 radical (unpaired) electrons. The van der Waals surface area contributed by atoms with Crippen LogP contribution in [-0.2, 0) is 6.54 Å². The van der Waals surface area contributed by atoms with Gasteiger partial charge in [-0.2, -0.15) is 0 Å². The maximum absolute atomic E-state index is 12.2. The molecule has 0 atom stereocenters. The lowest BCUT2D eigenvalue weighted by Gasteiger charge is -2.36. The molecule has 3 rings (SSSR count). The molecule has 0 amide bonds. The van der Waals surface area contributed by atoms with Crippen molar-refractivity contribution in [3.63, 3.8) is 0 Å². The molecule has 0 saturated carbocycles. The molecule has 19 heavy (non-hydrogen) atoms. The molecule has 0 bridgehead atoms. The van der Waals surface area contributed by atoms with Crippen LogP contribution in [0.3, 0.4) is 0 Å². The highest BCUT2D eigenvalue weighted by Crippen LogP contribution is 2.23. The van der Waals surface area contributed by atoms with Crippen LogP contribution < -0.4 is 5.56 Å². The van der Waals surface area contributed by atoms with Gasteiger partial charge >= 0.3 is 0 Å². The molecule has 1 saturated heterocycles. The van der Waals surface area contributed by atoms with Crippen LogP contribution in [0.2, 0.25) is 0 Å². The summed E-state index contributed by atoms with van der Waals surface area (Å²) in [5, 5.41) is 10.5. The summed E-state index contributed by atoms with van der Waals surface area (Å²) in [6.45, 7) is 1.94. The van der Waals surface area contributed by atoms with Crippen molar-refractivity contribution in [1.29, 1.82) is 0 Å². The Kier molecular flexibility index (Phi) is 2.91. The molecule has 3 heterocycles. The van der Waals surface area contributed by atoms with E-state index in [1.54, 1.807) is 6.07 Å². The summed E-state index contributed by atoms with van der Waals surface area (Å²) in [6.07, 6.45) is 4.25. The van der Waals surface area contributed by atoms with Crippen LogP contribution in [0.25, 0.3) is 11.1 Å². The molecule has 0 aromatic carbocycles. The normalized spacial score (nSPS) is 19.9. The largest absolute Gasteiger partial charge is 0.457 e. The van der Waals surface area contributed by atoms with Gasteiger partial charge in [-0.05, 0) is 19.9 Å². The summed E-state index contributed by atoms with van der Waals surface area (Å²) in [5.41, 5.74) is -0.267. The van der Waals surface area contributed by atoms with E-state index < -0.39 is 5.60 Å². The monoisotopic (exact) mass is 263 g/mol. The number of nitrogens with zero attached hydrogens (tertiary/aromatic N) is 3. The Balaban J connectivity index is 1.89. The van der Waals surface area contributed by atoms with Gasteiger partial charge in [-0.3, -0.25) is 9.36 Å². The Morgan fingerprint density at radius 2 is 2.21 bits per heavy atom. The standard InChI is InChI=1S/C13H17N3O3/c1-15-5-3-13(18,4-6-15)8-16-9-14-10-2-7-19-11(10)12(16)17/h2,7,9,18H,3-6,8H2,1H3. The number of aromatic nitrogens is 2. The molecule has 1 N–H and O–H groups in total. The molecule has 1 fully saturated rings. The molecule has 102 valence electrons. The minimum Gasteiger partial charge on any atom is -0.457 e. The van der Waals surface area contributed by atoms with Gasteiger partial charge in [0.15, 0.2) is 0 Å². The third-order valence-corrected chi connectivity index (χ3v) is 3.82. The minimum atomic E-state index is -0.835. The third-order valence-electron chi connectivity index (χ3n) is 3.82. The number of hydrogen-bond acceptors (Lipinski definition) is 5. The summed E-state index contributed by atoms with van der Waals surface area (Å²) in [6, 6.07) is 1.66. The fraction of sp³-hybridized carbons (Fsp3) is 0.538. The summed E-state index contributed by atoms with van der Waals surface area (Å²) in [7, 11) is 2.03. The van der Waals surface area contributed by atoms with Gasteiger partial charge in [0, 0.05) is 19.2 Å². The Bertz CT molecular complexity index is 638. The Hall–Kier alpha value is -1.66. The SMILES string of the molecule is CN1CCC(O)(Cn2cnc3ccoc3c2=O)CC1. The Morgan fingerprint density at radius 3 is 2.95 bits per heavy atom. The number of likely N-dealkylation sites (tertiary alicyclic amines) is 1. The van der Waals surface area contributed by atoms with Crippen molar-refractivity contribution < 1.29 is 9.52 Å². The van der Waals surface area contributed by atoms with E-state index in [0.717, 1.165) is 13.1 Å². The van der Waals surface area contributed by atoms with Crippen LogP contribution in [0.5, 0.6) is 0 Å². The van der Waals surface area contributed by atoms with Gasteiger partial charge in [0.25, 0.3) is 5.56 Å². The van der Waals surface area contributed by atoms with Gasteiger partial charge in [-0.1, -0.05) is 0 Å². The summed E-state index contributed by atoms with van der Waals surface area (Å²) in [5.74, 6) is 0. The van der Waals surface area contributed by atoms with E-state index in [2.05, 4.69) is 9.88 Å². The number of hydrogen-bond donors (Lipinski definition) is 1. The number of piperidine rings is 1. The first-order valence-electron chi connectivity index (χ1n) is 6.41. The predicted molar refractivity (Wildman–Crippen MR) is 69.9 cm³/mol. The molecule has 0 unspecified atom stereocenters. The van der Waals surface area contributed by atoms with E-state index in [1.807, 2.05) is 7.05 Å². The Labute approximate surface area is 110 Å². The zero-order chi connectivity index (χ0) is 13.5. The van der Waals surface area contributed by atoms with Crippen molar-refractivity contribution in [2.75, 3.05) is 20.1 Å². The molecule has 0 aliphatic carbocycles. The fourth-order valence-corrected chi connectivity index (χ4v) is 2.50.